The molecule has 3 heteroatoms. The molecule has 1 heterocycles. The lowest BCUT2D eigenvalue weighted by Gasteiger charge is -2.37. The molecule has 2 aliphatic rings. The summed E-state index contributed by atoms with van der Waals surface area (Å²) in [6.07, 6.45) is 2.40. The van der Waals surface area contributed by atoms with Crippen molar-refractivity contribution in [1.82, 2.24) is 4.90 Å². The van der Waals surface area contributed by atoms with Crippen LogP contribution < -0.4 is 4.90 Å². The first-order valence-electron chi connectivity index (χ1n) is 7.01. The Balaban J connectivity index is 1.71. The van der Waals surface area contributed by atoms with Gasteiger partial charge in [0.15, 0.2) is 0 Å². The van der Waals surface area contributed by atoms with Gasteiger partial charge < -0.3 is 10.0 Å². The Morgan fingerprint density at radius 2 is 1.78 bits per heavy atom. The molecule has 1 unspecified atom stereocenters. The normalized spacial score (nSPS) is 23.1. The van der Waals surface area contributed by atoms with E-state index in [4.69, 9.17) is 0 Å². The van der Waals surface area contributed by atoms with E-state index in [1.165, 1.54) is 31.6 Å². The molecular formula is C15H22N2O. The molecule has 1 aromatic carbocycles. The van der Waals surface area contributed by atoms with Gasteiger partial charge in [-0.05, 0) is 25.8 Å². The number of rotatable bonds is 3. The van der Waals surface area contributed by atoms with Crippen molar-refractivity contribution in [2.45, 2.75) is 31.9 Å². The fraction of sp³-hybridized carbons (Fsp3) is 0.600. The summed E-state index contributed by atoms with van der Waals surface area (Å²) in [6, 6.07) is 9.11. The van der Waals surface area contributed by atoms with Crippen LogP contribution in [0.5, 0.6) is 0 Å². The first-order valence-corrected chi connectivity index (χ1v) is 7.01. The smallest absolute Gasteiger partial charge is 0.0781 e. The third kappa shape index (κ3) is 2.38. The van der Waals surface area contributed by atoms with Crippen LogP contribution in [0, 0.1) is 0 Å². The van der Waals surface area contributed by atoms with Gasteiger partial charge in [0, 0.05) is 43.5 Å². The number of para-hydroxylation sites is 1. The summed E-state index contributed by atoms with van der Waals surface area (Å²) >= 11 is 0. The zero-order chi connectivity index (χ0) is 12.5. The fourth-order valence-corrected chi connectivity index (χ4v) is 2.90. The summed E-state index contributed by atoms with van der Waals surface area (Å²) in [5.74, 6) is 0. The lowest BCUT2D eigenvalue weighted by atomic mass is 10.1. The van der Waals surface area contributed by atoms with Crippen LogP contribution >= 0.6 is 0 Å². The molecule has 1 aliphatic carbocycles. The number of aliphatic hydroxyl groups excluding tert-OH is 1. The molecule has 1 saturated heterocycles. The highest BCUT2D eigenvalue weighted by molar-refractivity contribution is 5.54. The average Bonchev–Trinajstić information content (AvgIpc) is 3.23. The summed E-state index contributed by atoms with van der Waals surface area (Å²) in [5, 5.41) is 9.85. The Labute approximate surface area is 109 Å². The molecule has 0 spiro atoms. The lowest BCUT2D eigenvalue weighted by molar-refractivity contribution is 0.198. The SMILES string of the molecule is CC(O)c1ccccc1N1CCN(C2CC2)CC1. The summed E-state index contributed by atoms with van der Waals surface area (Å²) in [6.45, 7) is 6.34. The van der Waals surface area contributed by atoms with Gasteiger partial charge in [0.25, 0.3) is 0 Å². The highest BCUT2D eigenvalue weighted by atomic mass is 16.3. The van der Waals surface area contributed by atoms with Gasteiger partial charge in [0.2, 0.25) is 0 Å². The molecule has 1 aliphatic heterocycles. The Morgan fingerprint density at radius 1 is 1.11 bits per heavy atom. The summed E-state index contributed by atoms with van der Waals surface area (Å²) in [7, 11) is 0. The predicted molar refractivity (Wildman–Crippen MR) is 73.9 cm³/mol. The quantitative estimate of drug-likeness (QED) is 0.884. The monoisotopic (exact) mass is 246 g/mol. The lowest BCUT2D eigenvalue weighted by Crippen LogP contribution is -2.47. The Kier molecular flexibility index (Phi) is 3.27. The third-order valence-electron chi connectivity index (χ3n) is 4.11. The highest BCUT2D eigenvalue weighted by Gasteiger charge is 2.31. The first kappa shape index (κ1) is 12.0. The van der Waals surface area contributed by atoms with Crippen molar-refractivity contribution < 1.29 is 5.11 Å². The summed E-state index contributed by atoms with van der Waals surface area (Å²) in [4.78, 5) is 5.03. The van der Waals surface area contributed by atoms with Crippen LogP contribution in [0.4, 0.5) is 5.69 Å². The zero-order valence-electron chi connectivity index (χ0n) is 11.0. The van der Waals surface area contributed by atoms with E-state index in [0.29, 0.717) is 0 Å². The first-order chi connectivity index (χ1) is 8.75. The topological polar surface area (TPSA) is 26.7 Å². The van der Waals surface area contributed by atoms with Crippen molar-refractivity contribution in [3.8, 4) is 0 Å². The molecule has 1 saturated carbocycles. The number of hydrogen-bond acceptors (Lipinski definition) is 3. The second kappa shape index (κ2) is 4.90. The van der Waals surface area contributed by atoms with E-state index in [9.17, 15) is 5.11 Å². The van der Waals surface area contributed by atoms with E-state index in [-0.39, 0.29) is 6.10 Å². The minimum absolute atomic E-state index is 0.386. The van der Waals surface area contributed by atoms with Crippen molar-refractivity contribution in [3.63, 3.8) is 0 Å². The maximum Gasteiger partial charge on any atom is 0.0781 e. The molecule has 2 fully saturated rings. The van der Waals surface area contributed by atoms with E-state index in [2.05, 4.69) is 21.9 Å². The van der Waals surface area contributed by atoms with Gasteiger partial charge in [-0.25, -0.2) is 0 Å². The molecule has 98 valence electrons. The van der Waals surface area contributed by atoms with Crippen molar-refractivity contribution in [2.24, 2.45) is 0 Å². The van der Waals surface area contributed by atoms with Crippen LogP contribution in [0.2, 0.25) is 0 Å². The van der Waals surface area contributed by atoms with Crippen LogP contribution in [0.25, 0.3) is 0 Å². The number of aliphatic hydroxyl groups is 1. The van der Waals surface area contributed by atoms with E-state index >= 15 is 0 Å². The molecule has 1 aromatic rings. The van der Waals surface area contributed by atoms with Crippen LogP contribution in [-0.2, 0) is 0 Å². The van der Waals surface area contributed by atoms with Gasteiger partial charge in [-0.2, -0.15) is 0 Å². The molecular weight excluding hydrogens is 224 g/mol. The maximum absolute atomic E-state index is 9.85. The predicted octanol–water partition coefficient (Wildman–Crippen LogP) is 2.02. The number of nitrogens with zero attached hydrogens (tertiary/aromatic N) is 2. The number of benzene rings is 1. The fourth-order valence-electron chi connectivity index (χ4n) is 2.90. The summed E-state index contributed by atoms with van der Waals surface area (Å²) < 4.78 is 0. The van der Waals surface area contributed by atoms with E-state index in [1.807, 2.05) is 19.1 Å². The van der Waals surface area contributed by atoms with E-state index in [0.717, 1.165) is 24.7 Å². The van der Waals surface area contributed by atoms with Crippen molar-refractivity contribution in [3.05, 3.63) is 29.8 Å². The molecule has 3 nitrogen and oxygen atoms in total. The van der Waals surface area contributed by atoms with E-state index < -0.39 is 0 Å². The van der Waals surface area contributed by atoms with E-state index in [1.54, 1.807) is 0 Å². The molecule has 3 rings (SSSR count). The minimum Gasteiger partial charge on any atom is -0.389 e. The second-order valence-electron chi connectivity index (χ2n) is 5.49. The third-order valence-corrected chi connectivity index (χ3v) is 4.11. The Hall–Kier alpha value is -1.06. The molecule has 0 aromatic heterocycles. The Morgan fingerprint density at radius 3 is 2.39 bits per heavy atom. The zero-order valence-corrected chi connectivity index (χ0v) is 11.0. The number of hydrogen-bond donors (Lipinski definition) is 1. The molecule has 1 atom stereocenters. The van der Waals surface area contributed by atoms with Gasteiger partial charge >= 0.3 is 0 Å². The van der Waals surface area contributed by atoms with Crippen LogP contribution in [0.1, 0.15) is 31.4 Å². The van der Waals surface area contributed by atoms with Crippen molar-refractivity contribution in [1.29, 1.82) is 0 Å². The largest absolute Gasteiger partial charge is 0.389 e. The van der Waals surface area contributed by atoms with Gasteiger partial charge in [-0.15, -0.1) is 0 Å². The Bertz CT molecular complexity index is 407. The minimum atomic E-state index is -0.386. The molecule has 0 amide bonds. The van der Waals surface area contributed by atoms with Crippen LogP contribution in [0.3, 0.4) is 0 Å². The summed E-state index contributed by atoms with van der Waals surface area (Å²) in [5.41, 5.74) is 2.26. The standard InChI is InChI=1S/C15H22N2O/c1-12(18)14-4-2-3-5-15(14)17-10-8-16(9-11-17)13-6-7-13/h2-5,12-13,18H,6-11H2,1H3. The van der Waals surface area contributed by atoms with Crippen molar-refractivity contribution in [2.75, 3.05) is 31.1 Å². The van der Waals surface area contributed by atoms with Crippen LogP contribution in [0.15, 0.2) is 24.3 Å². The maximum atomic E-state index is 9.85. The van der Waals surface area contributed by atoms with Gasteiger partial charge in [0.1, 0.15) is 0 Å². The van der Waals surface area contributed by atoms with Crippen LogP contribution in [-0.4, -0.2) is 42.2 Å². The number of piperazine rings is 1. The number of anilines is 1. The van der Waals surface area contributed by atoms with Gasteiger partial charge in [0.05, 0.1) is 6.10 Å². The van der Waals surface area contributed by atoms with Gasteiger partial charge in [-0.3, -0.25) is 4.90 Å². The van der Waals surface area contributed by atoms with Crippen molar-refractivity contribution >= 4 is 5.69 Å². The molecule has 0 bridgehead atoms. The molecule has 18 heavy (non-hydrogen) atoms. The highest BCUT2D eigenvalue weighted by Crippen LogP contribution is 2.30. The molecule has 1 N–H and O–H groups in total. The second-order valence-corrected chi connectivity index (χ2v) is 5.49. The van der Waals surface area contributed by atoms with Gasteiger partial charge in [-0.1, -0.05) is 18.2 Å². The average molecular weight is 246 g/mol. The molecule has 0 radical (unpaired) electrons.